The first-order chi connectivity index (χ1) is 30.3. The Morgan fingerprint density at radius 3 is 1.43 bits per heavy atom. The highest BCUT2D eigenvalue weighted by Crippen LogP contribution is 2.57. The number of phenols is 2. The minimum Gasteiger partial charge on any atom is -0.508 e. The molecule has 8 heteroatoms. The van der Waals surface area contributed by atoms with Crippen LogP contribution in [0.5, 0.6) is 23.0 Å². The van der Waals surface area contributed by atoms with Crippen LogP contribution in [0.4, 0.5) is 0 Å². The van der Waals surface area contributed by atoms with E-state index in [0.29, 0.717) is 49.0 Å². The summed E-state index contributed by atoms with van der Waals surface area (Å²) < 4.78 is 12.9. The van der Waals surface area contributed by atoms with Crippen molar-refractivity contribution >= 4 is 11.8 Å². The molecule has 8 nitrogen and oxygen atoms in total. The molecule has 4 atom stereocenters. The maximum atomic E-state index is 12.8. The molecule has 0 unspecified atom stereocenters. The summed E-state index contributed by atoms with van der Waals surface area (Å²) in [6.07, 6.45) is 19.2. The van der Waals surface area contributed by atoms with Crippen LogP contribution < -0.4 is 15.2 Å². The van der Waals surface area contributed by atoms with Gasteiger partial charge >= 0.3 is 5.97 Å². The zero-order valence-corrected chi connectivity index (χ0v) is 43.1. The van der Waals surface area contributed by atoms with Crippen molar-refractivity contribution in [1.29, 1.82) is 0 Å². The van der Waals surface area contributed by atoms with E-state index in [1.807, 2.05) is 32.1 Å². The van der Waals surface area contributed by atoms with Crippen LogP contribution in [0.2, 0.25) is 0 Å². The molecular formula is C57H89NO7. The van der Waals surface area contributed by atoms with Gasteiger partial charge in [0.05, 0.1) is 0 Å². The molecule has 6 rings (SSSR count). The lowest BCUT2D eigenvalue weighted by atomic mass is 9.66. The standard InChI is InChI=1S/C29H44O3.C25H36O4.C3H9N/c1-8-9-10-11-14-28(4,5)21-17-25(31)27-22-16-20(24(30)15-19(2)3)12-13-23(22)29(6,7)32-26(27)18-21;1-6-7-8-9-12-24(2,3)17-14-20(26)22-18-13-16(23(27)28)10-11-19(18)25(4,5)29-21(22)15-17;1-3(2)4/h12,17-19,22-23,31H,8-11,13-16H2,1-7H3;10,14-15,18-19,26H,6-9,11-13H2,1-5H3,(H,27,28);3H,4H2,1-2H3/t22-,23-;18-,19-;/m11./s1. The van der Waals surface area contributed by atoms with Crippen molar-refractivity contribution in [3.05, 3.63) is 69.8 Å². The number of carboxylic acid groups (broad SMARTS) is 1. The van der Waals surface area contributed by atoms with Crippen LogP contribution in [0.25, 0.3) is 0 Å². The maximum Gasteiger partial charge on any atom is 0.331 e. The number of aromatic hydroxyl groups is 2. The van der Waals surface area contributed by atoms with Gasteiger partial charge in [-0.15, -0.1) is 0 Å². The van der Waals surface area contributed by atoms with Crippen molar-refractivity contribution in [2.75, 3.05) is 0 Å². The van der Waals surface area contributed by atoms with Crippen LogP contribution in [-0.4, -0.2) is 44.3 Å². The van der Waals surface area contributed by atoms with Crippen LogP contribution in [0.3, 0.4) is 0 Å². The minimum absolute atomic E-state index is 0.0184. The maximum absolute atomic E-state index is 12.8. The minimum atomic E-state index is -0.862. The third-order valence-electron chi connectivity index (χ3n) is 14.7. The van der Waals surface area contributed by atoms with Crippen molar-refractivity contribution < 1.29 is 34.4 Å². The highest BCUT2D eigenvalue weighted by molar-refractivity contribution is 5.95. The van der Waals surface area contributed by atoms with E-state index in [4.69, 9.17) is 15.2 Å². The molecule has 4 aliphatic rings. The summed E-state index contributed by atoms with van der Waals surface area (Å²) in [7, 11) is 0. The highest BCUT2D eigenvalue weighted by atomic mass is 16.5. The van der Waals surface area contributed by atoms with Gasteiger partial charge in [-0.05, 0) is 130 Å². The van der Waals surface area contributed by atoms with Gasteiger partial charge < -0.3 is 30.5 Å². The molecule has 2 aliphatic heterocycles. The SMILES string of the molecule is CC(C)N.CCCCCCC(C)(C)c1cc(O)c2c(c1)OC(C)(C)[C@@H]1CC=C(C(=O)CC(C)C)C[C@@H]21.CCCCCCC(C)(C)c1cc(O)c2c(c1)OC(C)(C)[C@@H]1CC=C(C(=O)O)C[C@@H]21. The molecule has 364 valence electrons. The molecule has 5 N–H and O–H groups in total. The first-order valence-electron chi connectivity index (χ1n) is 25.3. The van der Waals surface area contributed by atoms with Gasteiger partial charge in [0, 0.05) is 46.8 Å². The Morgan fingerprint density at radius 2 is 1.06 bits per heavy atom. The molecular weight excluding hydrogens is 811 g/mol. The second-order valence-corrected chi connectivity index (χ2v) is 22.9. The fourth-order valence-electron chi connectivity index (χ4n) is 10.8. The van der Waals surface area contributed by atoms with Gasteiger partial charge in [-0.1, -0.05) is 133 Å². The van der Waals surface area contributed by atoms with Crippen LogP contribution in [0.1, 0.15) is 227 Å². The summed E-state index contributed by atoms with van der Waals surface area (Å²) in [4.78, 5) is 24.4. The van der Waals surface area contributed by atoms with Gasteiger partial charge in [-0.2, -0.15) is 0 Å². The van der Waals surface area contributed by atoms with Crippen LogP contribution in [0, 0.1) is 17.8 Å². The van der Waals surface area contributed by atoms with Crippen LogP contribution in [-0.2, 0) is 20.4 Å². The number of Topliss-reactive ketones (excluding diaryl/α,β-unsaturated/α-hetero) is 1. The number of rotatable bonds is 16. The first kappa shape index (κ1) is 53.8. The molecule has 0 saturated carbocycles. The first-order valence-corrected chi connectivity index (χ1v) is 25.3. The van der Waals surface area contributed by atoms with E-state index < -0.39 is 11.6 Å². The van der Waals surface area contributed by atoms with Crippen molar-refractivity contribution in [3.63, 3.8) is 0 Å². The summed E-state index contributed by atoms with van der Waals surface area (Å²) >= 11 is 0. The average Bonchev–Trinajstić information content (AvgIpc) is 3.19. The summed E-state index contributed by atoms with van der Waals surface area (Å²) in [6, 6.07) is 8.44. The lowest BCUT2D eigenvalue weighted by Crippen LogP contribution is -2.46. The quantitative estimate of drug-likeness (QED) is 0.122. The smallest absolute Gasteiger partial charge is 0.331 e. The second-order valence-electron chi connectivity index (χ2n) is 22.9. The van der Waals surface area contributed by atoms with Gasteiger partial charge in [0.1, 0.15) is 34.2 Å². The van der Waals surface area contributed by atoms with Crippen LogP contribution in [0.15, 0.2) is 47.6 Å². The molecule has 65 heavy (non-hydrogen) atoms. The molecule has 0 spiro atoms. The number of ether oxygens (including phenoxy) is 2. The van der Waals surface area contributed by atoms with Crippen molar-refractivity contribution in [3.8, 4) is 23.0 Å². The number of allylic oxidation sites excluding steroid dienone is 3. The fourth-order valence-corrected chi connectivity index (χ4v) is 10.8. The Morgan fingerprint density at radius 1 is 0.677 bits per heavy atom. The molecule has 0 bridgehead atoms. The number of benzene rings is 2. The summed E-state index contributed by atoms with van der Waals surface area (Å²) in [5.74, 6) is 2.35. The number of aliphatic carboxylic acids is 1. The fraction of sp³-hybridized carbons (Fsp3) is 0.684. The van der Waals surface area contributed by atoms with Gasteiger partial charge in [-0.3, -0.25) is 4.79 Å². The zero-order valence-electron chi connectivity index (χ0n) is 43.1. The van der Waals surface area contributed by atoms with Gasteiger partial charge in [0.2, 0.25) is 0 Å². The number of unbranched alkanes of at least 4 members (excludes halogenated alkanes) is 6. The molecule has 2 aromatic carbocycles. The molecule has 2 aliphatic carbocycles. The molecule has 0 radical (unpaired) electrons. The van der Waals surface area contributed by atoms with Gasteiger partial charge in [0.25, 0.3) is 0 Å². The lowest BCUT2D eigenvalue weighted by Gasteiger charge is -2.47. The van der Waals surface area contributed by atoms with E-state index in [1.165, 1.54) is 51.4 Å². The van der Waals surface area contributed by atoms with E-state index in [2.05, 4.69) is 101 Å². The normalized spacial score (nSPS) is 21.6. The predicted octanol–water partition coefficient (Wildman–Crippen LogP) is 14.5. The predicted molar refractivity (Wildman–Crippen MR) is 268 cm³/mol. The van der Waals surface area contributed by atoms with Crippen LogP contribution >= 0.6 is 0 Å². The number of nitrogens with two attached hydrogens (primary N) is 1. The summed E-state index contributed by atoms with van der Waals surface area (Å²) in [5, 5.41) is 31.7. The molecule has 0 aromatic heterocycles. The number of carboxylic acids is 1. The number of carbonyl (C=O) groups is 2. The van der Waals surface area contributed by atoms with E-state index >= 15 is 0 Å². The number of hydrogen-bond acceptors (Lipinski definition) is 7. The Balaban J connectivity index is 0.000000264. The molecule has 2 heterocycles. The Kier molecular flexibility index (Phi) is 18.5. The second kappa shape index (κ2) is 22.3. The number of hydrogen-bond donors (Lipinski definition) is 4. The van der Waals surface area contributed by atoms with Crippen molar-refractivity contribution in [1.82, 2.24) is 0 Å². The Bertz CT molecular complexity index is 2000. The lowest BCUT2D eigenvalue weighted by molar-refractivity contribution is -0.133. The largest absolute Gasteiger partial charge is 0.508 e. The van der Waals surface area contributed by atoms with E-state index in [0.717, 1.165) is 58.6 Å². The summed E-state index contributed by atoms with van der Waals surface area (Å²) in [5.41, 5.74) is 9.59. The molecule has 0 fully saturated rings. The number of ketones is 1. The zero-order chi connectivity index (χ0) is 48.7. The molecule has 2 aromatic rings. The number of phenolic OH excluding ortho intramolecular Hbond substituents is 2. The van der Waals surface area contributed by atoms with E-state index in [9.17, 15) is 24.9 Å². The van der Waals surface area contributed by atoms with Gasteiger partial charge in [0.15, 0.2) is 5.78 Å². The third kappa shape index (κ3) is 13.7. The van der Waals surface area contributed by atoms with E-state index in [1.54, 1.807) is 0 Å². The van der Waals surface area contributed by atoms with Gasteiger partial charge in [-0.25, -0.2) is 4.79 Å². The third-order valence-corrected chi connectivity index (χ3v) is 14.7. The monoisotopic (exact) mass is 900 g/mol. The summed E-state index contributed by atoms with van der Waals surface area (Å²) in [6.45, 7) is 30.0. The average molecular weight is 900 g/mol. The Hall–Kier alpha value is -3.78. The molecule has 0 amide bonds. The number of carbonyl (C=O) groups excluding carboxylic acids is 1. The molecule has 0 saturated heterocycles. The van der Waals surface area contributed by atoms with Crippen molar-refractivity contribution in [2.24, 2.45) is 23.5 Å². The topological polar surface area (TPSA) is 139 Å². The van der Waals surface area contributed by atoms with E-state index in [-0.39, 0.29) is 51.6 Å². The van der Waals surface area contributed by atoms with Crippen molar-refractivity contribution in [2.45, 2.75) is 233 Å². The number of fused-ring (bicyclic) bond motifs is 6. The Labute approximate surface area is 394 Å². The highest BCUT2D eigenvalue weighted by Gasteiger charge is 2.48.